The van der Waals surface area contributed by atoms with Gasteiger partial charge in [0.15, 0.2) is 5.82 Å². The molecule has 0 amide bonds. The number of fused-ring (bicyclic) bond motifs is 1. The van der Waals surface area contributed by atoms with Crippen LogP contribution in [0.4, 0.5) is 0 Å². The molecule has 0 radical (unpaired) electrons. The highest BCUT2D eigenvalue weighted by Crippen LogP contribution is 2.28. The van der Waals surface area contributed by atoms with Gasteiger partial charge >= 0.3 is 5.69 Å². The van der Waals surface area contributed by atoms with Crippen molar-refractivity contribution in [3.8, 4) is 22.8 Å². The fourth-order valence-corrected chi connectivity index (χ4v) is 2.96. The van der Waals surface area contributed by atoms with Gasteiger partial charge in [0.1, 0.15) is 5.75 Å². The maximum absolute atomic E-state index is 12.4. The van der Waals surface area contributed by atoms with Crippen molar-refractivity contribution in [2.24, 2.45) is 0 Å². The molecule has 0 unspecified atom stereocenters. The molecule has 0 aliphatic rings. The van der Waals surface area contributed by atoms with Gasteiger partial charge in [0.2, 0.25) is 0 Å². The Kier molecular flexibility index (Phi) is 3.20. The summed E-state index contributed by atoms with van der Waals surface area (Å²) in [5, 5.41) is 18.5. The van der Waals surface area contributed by atoms with Crippen molar-refractivity contribution in [2.75, 3.05) is 0 Å². The van der Waals surface area contributed by atoms with E-state index >= 15 is 0 Å². The van der Waals surface area contributed by atoms with Gasteiger partial charge in [0, 0.05) is 10.9 Å². The molecule has 0 aliphatic carbocycles. The average molecular weight is 317 g/mol. The van der Waals surface area contributed by atoms with Crippen LogP contribution in [0, 0.1) is 6.92 Å². The average Bonchev–Trinajstić information content (AvgIpc) is 2.98. The van der Waals surface area contributed by atoms with E-state index in [0.29, 0.717) is 11.4 Å². The summed E-state index contributed by atoms with van der Waals surface area (Å²) < 4.78 is 1.55. The highest BCUT2D eigenvalue weighted by molar-refractivity contribution is 5.90. The van der Waals surface area contributed by atoms with Gasteiger partial charge in [-0.05, 0) is 36.1 Å². The Bertz CT molecular complexity index is 1100. The van der Waals surface area contributed by atoms with Gasteiger partial charge in [0.25, 0.3) is 0 Å². The van der Waals surface area contributed by atoms with E-state index in [1.165, 1.54) is 0 Å². The first-order valence-corrected chi connectivity index (χ1v) is 7.61. The molecule has 118 valence electrons. The number of aromatic amines is 1. The van der Waals surface area contributed by atoms with Crippen LogP contribution in [0.5, 0.6) is 5.75 Å². The predicted octanol–water partition coefficient (Wildman–Crippen LogP) is 3.39. The number of benzene rings is 3. The lowest BCUT2D eigenvalue weighted by Gasteiger charge is -2.11. The third kappa shape index (κ3) is 2.18. The molecule has 1 aromatic heterocycles. The zero-order valence-electron chi connectivity index (χ0n) is 13.0. The summed E-state index contributed by atoms with van der Waals surface area (Å²) in [6.07, 6.45) is 0. The number of nitrogens with zero attached hydrogens (tertiary/aromatic N) is 2. The minimum atomic E-state index is -0.316. The fourth-order valence-electron chi connectivity index (χ4n) is 2.96. The van der Waals surface area contributed by atoms with E-state index in [2.05, 4.69) is 10.2 Å². The largest absolute Gasteiger partial charge is 0.508 e. The molecule has 0 atom stereocenters. The van der Waals surface area contributed by atoms with E-state index in [0.717, 1.165) is 22.0 Å². The molecular weight excluding hydrogens is 302 g/mol. The van der Waals surface area contributed by atoms with Crippen LogP contribution in [-0.4, -0.2) is 19.9 Å². The summed E-state index contributed by atoms with van der Waals surface area (Å²) in [5.41, 5.74) is 2.07. The lowest BCUT2D eigenvalue weighted by atomic mass is 10.1. The third-order valence-corrected chi connectivity index (χ3v) is 4.14. The third-order valence-electron chi connectivity index (χ3n) is 4.14. The Morgan fingerprint density at radius 2 is 1.83 bits per heavy atom. The summed E-state index contributed by atoms with van der Waals surface area (Å²) in [4.78, 5) is 12.4. The Labute approximate surface area is 137 Å². The molecule has 0 aliphatic heterocycles. The van der Waals surface area contributed by atoms with Gasteiger partial charge in [-0.1, -0.05) is 42.5 Å². The van der Waals surface area contributed by atoms with Crippen LogP contribution in [0.25, 0.3) is 27.8 Å². The molecule has 4 rings (SSSR count). The highest BCUT2D eigenvalue weighted by atomic mass is 16.3. The summed E-state index contributed by atoms with van der Waals surface area (Å²) in [6.45, 7) is 1.92. The Hall–Kier alpha value is -3.34. The van der Waals surface area contributed by atoms with E-state index in [1.807, 2.05) is 49.4 Å². The highest BCUT2D eigenvalue weighted by Gasteiger charge is 2.16. The number of H-pyrrole nitrogens is 1. The van der Waals surface area contributed by atoms with E-state index in [4.69, 9.17) is 0 Å². The van der Waals surface area contributed by atoms with Crippen molar-refractivity contribution >= 4 is 10.8 Å². The smallest absolute Gasteiger partial charge is 0.348 e. The van der Waals surface area contributed by atoms with Crippen molar-refractivity contribution in [3.63, 3.8) is 0 Å². The molecule has 0 bridgehead atoms. The Morgan fingerprint density at radius 3 is 2.71 bits per heavy atom. The molecule has 5 heteroatoms. The first-order valence-electron chi connectivity index (χ1n) is 7.61. The number of phenols is 1. The Balaban J connectivity index is 2.05. The zero-order valence-corrected chi connectivity index (χ0v) is 13.0. The molecule has 2 N–H and O–H groups in total. The molecular formula is C19H15N3O2. The summed E-state index contributed by atoms with van der Waals surface area (Å²) in [6, 6.07) is 18.7. The summed E-state index contributed by atoms with van der Waals surface area (Å²) in [5.74, 6) is 0.611. The summed E-state index contributed by atoms with van der Waals surface area (Å²) >= 11 is 0. The second-order valence-electron chi connectivity index (χ2n) is 5.69. The van der Waals surface area contributed by atoms with Crippen LogP contribution in [0.1, 0.15) is 5.56 Å². The fraction of sp³-hybridized carbons (Fsp3) is 0.0526. The molecule has 3 aromatic carbocycles. The van der Waals surface area contributed by atoms with Crippen LogP contribution < -0.4 is 5.69 Å². The molecule has 5 nitrogen and oxygen atoms in total. The van der Waals surface area contributed by atoms with Crippen LogP contribution in [-0.2, 0) is 0 Å². The topological polar surface area (TPSA) is 70.9 Å². The van der Waals surface area contributed by atoms with E-state index in [9.17, 15) is 9.90 Å². The first-order chi connectivity index (χ1) is 11.6. The van der Waals surface area contributed by atoms with E-state index < -0.39 is 0 Å². The van der Waals surface area contributed by atoms with Crippen molar-refractivity contribution in [1.29, 1.82) is 0 Å². The van der Waals surface area contributed by atoms with Gasteiger partial charge in [-0.25, -0.2) is 14.5 Å². The second kappa shape index (κ2) is 5.38. The maximum atomic E-state index is 12.4. The van der Waals surface area contributed by atoms with Gasteiger partial charge in [-0.15, -0.1) is 0 Å². The summed E-state index contributed by atoms with van der Waals surface area (Å²) in [7, 11) is 0. The van der Waals surface area contributed by atoms with Crippen molar-refractivity contribution < 1.29 is 5.11 Å². The van der Waals surface area contributed by atoms with Crippen LogP contribution >= 0.6 is 0 Å². The number of hydrogen-bond acceptors (Lipinski definition) is 3. The minimum absolute atomic E-state index is 0.135. The lowest BCUT2D eigenvalue weighted by Crippen LogP contribution is -2.16. The van der Waals surface area contributed by atoms with Crippen molar-refractivity contribution in [1.82, 2.24) is 14.8 Å². The van der Waals surface area contributed by atoms with Gasteiger partial charge in [-0.3, -0.25) is 0 Å². The van der Waals surface area contributed by atoms with E-state index in [-0.39, 0.29) is 11.4 Å². The van der Waals surface area contributed by atoms with Crippen LogP contribution in [0.3, 0.4) is 0 Å². The standard InChI is InChI=1S/C19H15N3O2/c1-12-9-10-14(23)11-16(12)18-20-21-19(24)22(18)17-8-4-6-13-5-2-3-7-15(13)17/h2-11,23H,1H3,(H,21,24). The SMILES string of the molecule is Cc1ccc(O)cc1-c1n[nH]c(=O)n1-c1cccc2ccccc12. The monoisotopic (exact) mass is 317 g/mol. The minimum Gasteiger partial charge on any atom is -0.508 e. The van der Waals surface area contributed by atoms with Crippen molar-refractivity contribution in [2.45, 2.75) is 6.92 Å². The molecule has 24 heavy (non-hydrogen) atoms. The molecule has 0 spiro atoms. The molecule has 0 saturated heterocycles. The number of rotatable bonds is 2. The van der Waals surface area contributed by atoms with Gasteiger partial charge < -0.3 is 5.11 Å². The predicted molar refractivity (Wildman–Crippen MR) is 93.5 cm³/mol. The van der Waals surface area contributed by atoms with Gasteiger partial charge in [0.05, 0.1) is 5.69 Å². The number of aryl methyl sites for hydroxylation is 1. The number of aromatic hydroxyl groups is 1. The molecule has 1 heterocycles. The number of phenolic OH excluding ortho intramolecular Hbond substituents is 1. The molecule has 4 aromatic rings. The number of nitrogens with one attached hydrogen (secondary N) is 1. The van der Waals surface area contributed by atoms with Crippen LogP contribution in [0.15, 0.2) is 65.5 Å². The Morgan fingerprint density at radius 1 is 1.04 bits per heavy atom. The lowest BCUT2D eigenvalue weighted by molar-refractivity contribution is 0.475. The normalized spacial score (nSPS) is 11.0. The number of hydrogen-bond donors (Lipinski definition) is 2. The van der Waals surface area contributed by atoms with Gasteiger partial charge in [-0.2, -0.15) is 5.10 Å². The number of aromatic nitrogens is 3. The zero-order chi connectivity index (χ0) is 16.7. The van der Waals surface area contributed by atoms with Crippen LogP contribution in [0.2, 0.25) is 0 Å². The molecule has 0 fully saturated rings. The second-order valence-corrected chi connectivity index (χ2v) is 5.69. The quantitative estimate of drug-likeness (QED) is 0.595. The molecule has 0 saturated carbocycles. The van der Waals surface area contributed by atoms with E-state index in [1.54, 1.807) is 22.8 Å². The van der Waals surface area contributed by atoms with Crippen molar-refractivity contribution in [3.05, 3.63) is 76.7 Å². The first kappa shape index (κ1) is 14.3. The maximum Gasteiger partial charge on any atom is 0.348 e.